The lowest BCUT2D eigenvalue weighted by molar-refractivity contribution is -0.275. The Labute approximate surface area is 246 Å². The lowest BCUT2D eigenvalue weighted by atomic mass is 10.0. The number of nitrogens with one attached hydrogen (secondary N) is 1. The molecule has 0 aliphatic carbocycles. The number of para-hydroxylation sites is 1. The highest BCUT2D eigenvalue weighted by molar-refractivity contribution is 7.89. The minimum absolute atomic E-state index is 0.213. The molecule has 2 N–H and O–H groups in total. The minimum Gasteiger partial charge on any atom is -0.489 e. The number of rotatable bonds is 12. The van der Waals surface area contributed by atoms with Crippen LogP contribution < -0.4 is 18.9 Å². The number of carboxylic acid groups (broad SMARTS) is 1. The summed E-state index contributed by atoms with van der Waals surface area (Å²) in [6.45, 7) is 3.14. The third kappa shape index (κ3) is 8.72. The molecule has 43 heavy (non-hydrogen) atoms. The first-order valence-corrected chi connectivity index (χ1v) is 14.5. The van der Waals surface area contributed by atoms with Crippen molar-refractivity contribution < 1.29 is 45.7 Å². The van der Waals surface area contributed by atoms with E-state index in [1.165, 1.54) is 19.9 Å². The molecule has 0 saturated heterocycles. The molecule has 0 aliphatic heterocycles. The van der Waals surface area contributed by atoms with Crippen LogP contribution >= 0.6 is 0 Å². The molecule has 12 heteroatoms. The van der Waals surface area contributed by atoms with Crippen LogP contribution in [0.2, 0.25) is 0 Å². The Bertz CT molecular complexity index is 1640. The monoisotopic (exact) mass is 615 g/mol. The summed E-state index contributed by atoms with van der Waals surface area (Å²) in [5.41, 5.74) is 1.51. The molecule has 0 aromatic heterocycles. The second-order valence-corrected chi connectivity index (χ2v) is 11.4. The van der Waals surface area contributed by atoms with Gasteiger partial charge >= 0.3 is 12.3 Å². The minimum atomic E-state index is -5.19. The van der Waals surface area contributed by atoms with Crippen molar-refractivity contribution in [3.8, 4) is 34.1 Å². The molecule has 0 fully saturated rings. The number of hydrogen-bond acceptors (Lipinski definition) is 6. The predicted molar refractivity (Wildman–Crippen MR) is 152 cm³/mol. The Morgan fingerprint density at radius 3 is 2.00 bits per heavy atom. The SMILES string of the molecule is CC(C)[C@@H](NS(=O)(=O)c1ccc(-c2ccc(COc3ccc(Oc4ccccc4)cc3)cc2)cc1OC(F)(F)F)C(=O)O. The number of halogens is 3. The average molecular weight is 616 g/mol. The molecule has 0 saturated carbocycles. The zero-order valence-electron chi connectivity index (χ0n) is 23.0. The first-order valence-electron chi connectivity index (χ1n) is 13.0. The van der Waals surface area contributed by atoms with E-state index < -0.39 is 45.0 Å². The first kappa shape index (κ1) is 31.4. The Morgan fingerprint density at radius 1 is 0.837 bits per heavy atom. The maximum absolute atomic E-state index is 13.2. The molecule has 4 aromatic carbocycles. The maximum Gasteiger partial charge on any atom is 0.573 e. The van der Waals surface area contributed by atoms with E-state index in [4.69, 9.17) is 9.47 Å². The van der Waals surface area contributed by atoms with Gasteiger partial charge in [0.2, 0.25) is 10.0 Å². The van der Waals surface area contributed by atoms with Crippen LogP contribution in [0.25, 0.3) is 11.1 Å². The number of hydrogen-bond donors (Lipinski definition) is 2. The molecule has 226 valence electrons. The van der Waals surface area contributed by atoms with Crippen LogP contribution in [0.3, 0.4) is 0 Å². The van der Waals surface area contributed by atoms with Crippen molar-refractivity contribution in [2.45, 2.75) is 37.8 Å². The molecule has 1 atom stereocenters. The van der Waals surface area contributed by atoms with E-state index in [1.54, 1.807) is 48.5 Å². The Morgan fingerprint density at radius 2 is 1.42 bits per heavy atom. The summed E-state index contributed by atoms with van der Waals surface area (Å²) in [5.74, 6) is -1.17. The van der Waals surface area contributed by atoms with Crippen molar-refractivity contribution in [2.75, 3.05) is 0 Å². The van der Waals surface area contributed by atoms with E-state index in [-0.39, 0.29) is 12.2 Å². The molecular weight excluding hydrogens is 587 g/mol. The van der Waals surface area contributed by atoms with Gasteiger partial charge in [-0.25, -0.2) is 8.42 Å². The molecule has 0 radical (unpaired) electrons. The first-order chi connectivity index (χ1) is 20.3. The quantitative estimate of drug-likeness (QED) is 0.176. The van der Waals surface area contributed by atoms with E-state index in [0.717, 1.165) is 17.7 Å². The van der Waals surface area contributed by atoms with Crippen molar-refractivity contribution in [3.05, 3.63) is 103 Å². The summed E-state index contributed by atoms with van der Waals surface area (Å²) in [4.78, 5) is 10.6. The fraction of sp³-hybridized carbons (Fsp3) is 0.194. The molecular formula is C31H28F3NO7S. The van der Waals surface area contributed by atoms with E-state index in [2.05, 4.69) is 4.74 Å². The molecule has 0 unspecified atom stereocenters. The molecule has 4 rings (SSSR count). The van der Waals surface area contributed by atoms with E-state index in [0.29, 0.717) is 22.8 Å². The highest BCUT2D eigenvalue weighted by atomic mass is 32.2. The number of aliphatic carboxylic acids is 1. The number of carbonyl (C=O) groups is 1. The Kier molecular flexibility index (Phi) is 9.62. The number of alkyl halides is 3. The average Bonchev–Trinajstić information content (AvgIpc) is 2.95. The number of ether oxygens (including phenoxy) is 3. The van der Waals surface area contributed by atoms with E-state index in [1.807, 2.05) is 35.1 Å². The van der Waals surface area contributed by atoms with Crippen molar-refractivity contribution in [2.24, 2.45) is 5.92 Å². The molecule has 8 nitrogen and oxygen atoms in total. The fourth-order valence-corrected chi connectivity index (χ4v) is 5.45. The zero-order valence-corrected chi connectivity index (χ0v) is 23.9. The summed E-state index contributed by atoms with van der Waals surface area (Å²) >= 11 is 0. The van der Waals surface area contributed by atoms with Gasteiger partial charge in [0.05, 0.1) is 0 Å². The van der Waals surface area contributed by atoms with Gasteiger partial charge in [0.15, 0.2) is 0 Å². The van der Waals surface area contributed by atoms with Gasteiger partial charge in [-0.15, -0.1) is 13.2 Å². The zero-order chi connectivity index (χ0) is 31.2. The topological polar surface area (TPSA) is 111 Å². The second-order valence-electron chi connectivity index (χ2n) is 9.76. The number of sulfonamides is 1. The van der Waals surface area contributed by atoms with Crippen LogP contribution in [0, 0.1) is 5.92 Å². The highest BCUT2D eigenvalue weighted by Crippen LogP contribution is 2.34. The summed E-state index contributed by atoms with van der Waals surface area (Å²) in [6.07, 6.45) is -5.19. The normalized spacial score (nSPS) is 12.5. The summed E-state index contributed by atoms with van der Waals surface area (Å²) in [5, 5.41) is 9.34. The van der Waals surface area contributed by atoms with Crippen LogP contribution in [-0.2, 0) is 21.4 Å². The molecule has 0 aliphatic rings. The van der Waals surface area contributed by atoms with Gasteiger partial charge in [-0.05, 0) is 71.1 Å². The van der Waals surface area contributed by atoms with Gasteiger partial charge in [-0.3, -0.25) is 4.79 Å². The van der Waals surface area contributed by atoms with Crippen LogP contribution in [0.1, 0.15) is 19.4 Å². The van der Waals surface area contributed by atoms with Gasteiger partial charge in [-0.1, -0.05) is 62.4 Å². The Hall–Kier alpha value is -4.55. The highest BCUT2D eigenvalue weighted by Gasteiger charge is 2.36. The van der Waals surface area contributed by atoms with Crippen molar-refractivity contribution in [3.63, 3.8) is 0 Å². The van der Waals surface area contributed by atoms with Crippen LogP contribution in [0.4, 0.5) is 13.2 Å². The van der Waals surface area contributed by atoms with E-state index >= 15 is 0 Å². The smallest absolute Gasteiger partial charge is 0.489 e. The van der Waals surface area contributed by atoms with Gasteiger partial charge in [0.1, 0.15) is 40.5 Å². The lowest BCUT2D eigenvalue weighted by Crippen LogP contribution is -2.44. The van der Waals surface area contributed by atoms with Gasteiger partial charge in [0, 0.05) is 0 Å². The molecule has 0 heterocycles. The van der Waals surface area contributed by atoms with Crippen molar-refractivity contribution in [1.29, 1.82) is 0 Å². The maximum atomic E-state index is 13.2. The molecule has 0 spiro atoms. The van der Waals surface area contributed by atoms with Gasteiger partial charge in [0.25, 0.3) is 0 Å². The van der Waals surface area contributed by atoms with Crippen LogP contribution in [-0.4, -0.2) is 31.9 Å². The second kappa shape index (κ2) is 13.2. The van der Waals surface area contributed by atoms with E-state index in [9.17, 15) is 31.5 Å². The van der Waals surface area contributed by atoms with Crippen LogP contribution in [0.5, 0.6) is 23.0 Å². The largest absolute Gasteiger partial charge is 0.573 e. The van der Waals surface area contributed by atoms with Crippen molar-refractivity contribution >= 4 is 16.0 Å². The van der Waals surface area contributed by atoms with Crippen LogP contribution in [0.15, 0.2) is 102 Å². The number of carboxylic acids is 1. The summed E-state index contributed by atoms with van der Waals surface area (Å²) in [6, 6.07) is 24.8. The fourth-order valence-electron chi connectivity index (χ4n) is 4.00. The summed E-state index contributed by atoms with van der Waals surface area (Å²) < 4.78 is 83.0. The van der Waals surface area contributed by atoms with Crippen molar-refractivity contribution in [1.82, 2.24) is 4.72 Å². The van der Waals surface area contributed by atoms with Gasteiger partial charge < -0.3 is 19.3 Å². The standard InChI is InChI=1S/C31H28F3NO7S/c1-20(2)29(30(36)37)35-43(38,39)28-17-12-23(18-27(28)42-31(32,33)34)22-10-8-21(9-11-22)19-40-24-13-15-26(16-14-24)41-25-6-4-3-5-7-25/h3-18,20,29,35H,19H2,1-2H3,(H,36,37)/t29-/m1/s1. The predicted octanol–water partition coefficient (Wildman–Crippen LogP) is 7.01. The molecule has 4 aromatic rings. The lowest BCUT2D eigenvalue weighted by Gasteiger charge is -2.20. The third-order valence-electron chi connectivity index (χ3n) is 6.17. The summed E-state index contributed by atoms with van der Waals surface area (Å²) in [7, 11) is -4.69. The third-order valence-corrected chi connectivity index (χ3v) is 7.65. The van der Waals surface area contributed by atoms with Gasteiger partial charge in [-0.2, -0.15) is 4.72 Å². The Balaban J connectivity index is 1.48. The molecule has 0 amide bonds. The number of benzene rings is 4. The molecule has 0 bridgehead atoms.